The lowest BCUT2D eigenvalue weighted by Crippen LogP contribution is -2.45. The Morgan fingerprint density at radius 2 is 0.647 bits per heavy atom. The fraction of sp³-hybridized carbons (Fsp3) is 0.797. The molecule has 0 aliphatic heterocycles. The van der Waals surface area contributed by atoms with Gasteiger partial charge in [0.25, 0.3) is 0 Å². The van der Waals surface area contributed by atoms with Crippen molar-refractivity contribution in [2.24, 2.45) is 0 Å². The lowest BCUT2D eigenvalue weighted by atomic mass is 10.0. The fourth-order valence-corrected chi connectivity index (χ4v) is 9.19. The summed E-state index contributed by atoms with van der Waals surface area (Å²) in [5.74, 6) is -0.0289. The zero-order chi connectivity index (χ0) is 49.2. The fourth-order valence-electron chi connectivity index (χ4n) is 9.19. The molecule has 3 N–H and O–H groups in total. The van der Waals surface area contributed by atoms with Gasteiger partial charge < -0.3 is 15.5 Å². The quantitative estimate of drug-likeness (QED) is 0.0420. The second-order valence-corrected chi connectivity index (χ2v) is 20.4. The number of carbonyl (C=O) groups is 1. The van der Waals surface area contributed by atoms with Crippen molar-refractivity contribution in [1.29, 1.82) is 0 Å². The van der Waals surface area contributed by atoms with Crippen LogP contribution in [0.2, 0.25) is 0 Å². The third-order valence-corrected chi connectivity index (χ3v) is 13.7. The van der Waals surface area contributed by atoms with Crippen molar-refractivity contribution in [3.8, 4) is 0 Å². The largest absolute Gasteiger partial charge is 0.394 e. The molecule has 0 aromatic rings. The Hall–Kier alpha value is -2.17. The standard InChI is InChI=1S/C64H117NO3/c1-3-5-7-9-11-13-15-17-19-21-23-25-26-27-28-29-30-31-32-33-34-35-36-37-38-40-42-44-46-48-50-52-54-56-58-60-64(68)65-62(61-66)63(67)59-57-55-53-51-49-47-45-43-41-39-24-22-20-18-16-14-12-10-8-6-4-2/h5,7,11,13,17,19,23,25,27-28,30-31,62-63,66-67H,3-4,6,8-10,12,14-16,18,20-22,24,26,29,32-61H2,1-2H3,(H,65,68)/b7-5-,13-11-,19-17-,25-23-,28-27-,31-30-. The molecular weight excluding hydrogens is 831 g/mol. The molecule has 4 nitrogen and oxygen atoms in total. The number of carbonyl (C=O) groups excluding carboxylic acids is 1. The summed E-state index contributed by atoms with van der Waals surface area (Å²) in [6.45, 7) is 4.27. The van der Waals surface area contributed by atoms with Crippen molar-refractivity contribution in [2.45, 2.75) is 321 Å². The first kappa shape index (κ1) is 65.8. The number of aliphatic hydroxyl groups is 2. The van der Waals surface area contributed by atoms with Gasteiger partial charge in [0.15, 0.2) is 0 Å². The molecule has 396 valence electrons. The van der Waals surface area contributed by atoms with Gasteiger partial charge in [0.2, 0.25) is 5.91 Å². The SMILES string of the molecule is CC/C=C\C/C=C\C/C=C\C/C=C\C/C=C\C/C=C\CCCCCCCCCCCCCCCCCCC(=O)NC(CO)C(O)CCCCCCCCCCCCCCCCCCCCCCC. The summed E-state index contributed by atoms with van der Waals surface area (Å²) in [6.07, 6.45) is 84.7. The third-order valence-electron chi connectivity index (χ3n) is 13.7. The van der Waals surface area contributed by atoms with Crippen molar-refractivity contribution in [3.05, 3.63) is 72.9 Å². The van der Waals surface area contributed by atoms with Gasteiger partial charge in [-0.25, -0.2) is 0 Å². The summed E-state index contributed by atoms with van der Waals surface area (Å²) < 4.78 is 0. The van der Waals surface area contributed by atoms with Crippen LogP contribution in [0.4, 0.5) is 0 Å². The second kappa shape index (κ2) is 59.1. The smallest absolute Gasteiger partial charge is 0.220 e. The van der Waals surface area contributed by atoms with Gasteiger partial charge in [0.05, 0.1) is 18.8 Å². The number of hydrogen-bond donors (Lipinski definition) is 3. The average Bonchev–Trinajstić information content (AvgIpc) is 3.34. The molecule has 0 aliphatic carbocycles. The number of amides is 1. The summed E-state index contributed by atoms with van der Waals surface area (Å²) in [7, 11) is 0. The lowest BCUT2D eigenvalue weighted by Gasteiger charge is -2.22. The molecule has 2 unspecified atom stereocenters. The minimum atomic E-state index is -0.662. The number of unbranched alkanes of at least 4 members (excludes halogenated alkanes) is 36. The molecular formula is C64H117NO3. The Labute approximate surface area is 425 Å². The minimum Gasteiger partial charge on any atom is -0.394 e. The van der Waals surface area contributed by atoms with Crippen LogP contribution in [-0.4, -0.2) is 34.9 Å². The molecule has 0 aromatic carbocycles. The highest BCUT2D eigenvalue weighted by molar-refractivity contribution is 5.76. The first-order valence-corrected chi connectivity index (χ1v) is 30.1. The van der Waals surface area contributed by atoms with E-state index in [0.29, 0.717) is 12.8 Å². The van der Waals surface area contributed by atoms with Crippen molar-refractivity contribution in [2.75, 3.05) is 6.61 Å². The van der Waals surface area contributed by atoms with Crippen molar-refractivity contribution >= 4 is 5.91 Å². The number of rotatable bonds is 55. The van der Waals surface area contributed by atoms with Gasteiger partial charge in [-0.2, -0.15) is 0 Å². The monoisotopic (exact) mass is 948 g/mol. The maximum atomic E-state index is 12.5. The normalized spacial score (nSPS) is 13.3. The van der Waals surface area contributed by atoms with Crippen molar-refractivity contribution in [1.82, 2.24) is 5.32 Å². The molecule has 1 amide bonds. The van der Waals surface area contributed by atoms with Crippen LogP contribution in [0, 0.1) is 0 Å². The van der Waals surface area contributed by atoms with E-state index in [1.807, 2.05) is 0 Å². The molecule has 0 spiro atoms. The van der Waals surface area contributed by atoms with E-state index in [4.69, 9.17) is 0 Å². The van der Waals surface area contributed by atoms with Gasteiger partial charge >= 0.3 is 0 Å². The van der Waals surface area contributed by atoms with Crippen LogP contribution in [-0.2, 0) is 4.79 Å². The van der Waals surface area contributed by atoms with Gasteiger partial charge in [0.1, 0.15) is 0 Å². The van der Waals surface area contributed by atoms with E-state index < -0.39 is 12.1 Å². The maximum Gasteiger partial charge on any atom is 0.220 e. The average molecular weight is 949 g/mol. The molecule has 0 saturated heterocycles. The van der Waals surface area contributed by atoms with Crippen LogP contribution in [0.1, 0.15) is 309 Å². The summed E-state index contributed by atoms with van der Waals surface area (Å²) in [5.41, 5.74) is 0. The minimum absolute atomic E-state index is 0.0289. The van der Waals surface area contributed by atoms with Gasteiger partial charge in [-0.3, -0.25) is 4.79 Å². The molecule has 0 radical (unpaired) electrons. The number of allylic oxidation sites excluding steroid dienone is 12. The lowest BCUT2D eigenvalue weighted by molar-refractivity contribution is -0.123. The first-order valence-electron chi connectivity index (χ1n) is 30.1. The highest BCUT2D eigenvalue weighted by atomic mass is 16.3. The topological polar surface area (TPSA) is 69.6 Å². The van der Waals surface area contributed by atoms with Gasteiger partial charge in [0, 0.05) is 6.42 Å². The Kier molecular flexibility index (Phi) is 57.3. The summed E-state index contributed by atoms with van der Waals surface area (Å²) in [5, 5.41) is 23.4. The zero-order valence-corrected chi connectivity index (χ0v) is 45.6. The molecule has 2 atom stereocenters. The maximum absolute atomic E-state index is 12.5. The Balaban J connectivity index is 3.46. The van der Waals surface area contributed by atoms with Crippen molar-refractivity contribution in [3.63, 3.8) is 0 Å². The second-order valence-electron chi connectivity index (χ2n) is 20.4. The molecule has 0 bridgehead atoms. The van der Waals surface area contributed by atoms with Crippen LogP contribution < -0.4 is 5.32 Å². The summed E-state index contributed by atoms with van der Waals surface area (Å²) in [4.78, 5) is 12.5. The van der Waals surface area contributed by atoms with E-state index in [1.54, 1.807) is 0 Å². The summed E-state index contributed by atoms with van der Waals surface area (Å²) >= 11 is 0. The summed E-state index contributed by atoms with van der Waals surface area (Å²) in [6, 6.07) is -0.539. The number of nitrogens with one attached hydrogen (secondary N) is 1. The molecule has 0 heterocycles. The molecule has 68 heavy (non-hydrogen) atoms. The third kappa shape index (κ3) is 54.8. The van der Waals surface area contributed by atoms with E-state index in [-0.39, 0.29) is 12.5 Å². The van der Waals surface area contributed by atoms with Crippen LogP contribution >= 0.6 is 0 Å². The molecule has 0 aliphatic rings. The van der Waals surface area contributed by atoms with Crippen LogP contribution in [0.15, 0.2) is 72.9 Å². The zero-order valence-electron chi connectivity index (χ0n) is 45.6. The molecule has 0 aromatic heterocycles. The van der Waals surface area contributed by atoms with E-state index in [2.05, 4.69) is 92.1 Å². The Bertz CT molecular complexity index is 1170. The Morgan fingerprint density at radius 1 is 0.368 bits per heavy atom. The van der Waals surface area contributed by atoms with Crippen molar-refractivity contribution < 1.29 is 15.0 Å². The highest BCUT2D eigenvalue weighted by Gasteiger charge is 2.20. The van der Waals surface area contributed by atoms with Gasteiger partial charge in [-0.15, -0.1) is 0 Å². The van der Waals surface area contributed by atoms with Gasteiger partial charge in [-0.05, 0) is 64.2 Å². The number of aliphatic hydroxyl groups excluding tert-OH is 2. The van der Waals surface area contributed by atoms with E-state index >= 15 is 0 Å². The van der Waals surface area contributed by atoms with Gasteiger partial charge in [-0.1, -0.05) is 311 Å². The predicted octanol–water partition coefficient (Wildman–Crippen LogP) is 20.1. The molecule has 0 saturated carbocycles. The van der Waals surface area contributed by atoms with E-state index in [1.165, 1.54) is 218 Å². The van der Waals surface area contributed by atoms with Crippen LogP contribution in [0.5, 0.6) is 0 Å². The first-order chi connectivity index (χ1) is 33.7. The Morgan fingerprint density at radius 3 is 0.971 bits per heavy atom. The molecule has 0 fully saturated rings. The van der Waals surface area contributed by atoms with Crippen LogP contribution in [0.25, 0.3) is 0 Å². The molecule has 4 heteroatoms. The van der Waals surface area contributed by atoms with E-state index in [9.17, 15) is 15.0 Å². The predicted molar refractivity (Wildman–Crippen MR) is 304 cm³/mol. The number of hydrogen-bond acceptors (Lipinski definition) is 3. The molecule has 0 rings (SSSR count). The van der Waals surface area contributed by atoms with E-state index in [0.717, 1.165) is 64.2 Å². The van der Waals surface area contributed by atoms with Crippen LogP contribution in [0.3, 0.4) is 0 Å². The highest BCUT2D eigenvalue weighted by Crippen LogP contribution is 2.18.